The molecule has 0 saturated heterocycles. The van der Waals surface area contributed by atoms with Crippen LogP contribution >= 0.6 is 0 Å². The van der Waals surface area contributed by atoms with E-state index in [4.69, 9.17) is 0 Å². The molecule has 0 spiro atoms. The molecule has 1 rings (SSSR count). The summed E-state index contributed by atoms with van der Waals surface area (Å²) in [7, 11) is 0. The molecule has 0 aliphatic heterocycles. The largest absolute Gasteiger partial charge is 0.310 e. The number of unbranched alkanes of at least 4 members (excludes halogenated alkanes) is 1. The third kappa shape index (κ3) is 3.75. The molecule has 1 atom stereocenters. The van der Waals surface area contributed by atoms with Crippen LogP contribution in [0.1, 0.15) is 31.4 Å². The van der Waals surface area contributed by atoms with E-state index in [0.29, 0.717) is 6.04 Å². The second-order valence-corrected chi connectivity index (χ2v) is 3.52. The number of rotatable bonds is 6. The molecule has 0 fully saturated rings. The van der Waals surface area contributed by atoms with Crippen molar-refractivity contribution in [1.82, 2.24) is 5.32 Å². The van der Waals surface area contributed by atoms with E-state index in [-0.39, 0.29) is 0 Å². The Morgan fingerprint density at radius 3 is 2.71 bits per heavy atom. The number of allylic oxidation sites excluding steroid dienone is 1. The van der Waals surface area contributed by atoms with Crippen LogP contribution in [0.2, 0.25) is 0 Å². The Hall–Kier alpha value is -1.08. The van der Waals surface area contributed by atoms with Gasteiger partial charge in [-0.1, -0.05) is 36.4 Å². The molecule has 1 aromatic rings. The molecule has 0 saturated carbocycles. The number of nitrogens with one attached hydrogen (secondary N) is 1. The summed E-state index contributed by atoms with van der Waals surface area (Å²) in [5.41, 5.74) is 1.35. The molecule has 1 nitrogen and oxygen atoms in total. The Bertz CT molecular complexity index is 253. The molecule has 0 amide bonds. The van der Waals surface area contributed by atoms with Gasteiger partial charge in [0.2, 0.25) is 0 Å². The average Bonchev–Trinajstić information content (AvgIpc) is 2.25. The van der Waals surface area contributed by atoms with E-state index in [1.165, 1.54) is 12.0 Å². The SMILES string of the molecule is C=CCCCNC(C)c1ccccc1. The van der Waals surface area contributed by atoms with Crippen LogP contribution in [0.5, 0.6) is 0 Å². The zero-order valence-electron chi connectivity index (χ0n) is 8.87. The lowest BCUT2D eigenvalue weighted by Crippen LogP contribution is -2.19. The summed E-state index contributed by atoms with van der Waals surface area (Å²) in [6.07, 6.45) is 4.23. The van der Waals surface area contributed by atoms with E-state index < -0.39 is 0 Å². The maximum absolute atomic E-state index is 3.71. The van der Waals surface area contributed by atoms with Crippen molar-refractivity contribution in [2.24, 2.45) is 0 Å². The number of hydrogen-bond acceptors (Lipinski definition) is 1. The predicted octanol–water partition coefficient (Wildman–Crippen LogP) is 3.30. The molecule has 76 valence electrons. The fourth-order valence-electron chi connectivity index (χ4n) is 1.42. The fourth-order valence-corrected chi connectivity index (χ4v) is 1.42. The number of hydrogen-bond donors (Lipinski definition) is 1. The maximum Gasteiger partial charge on any atom is 0.0291 e. The first-order valence-electron chi connectivity index (χ1n) is 5.24. The Balaban J connectivity index is 2.28. The lowest BCUT2D eigenvalue weighted by atomic mass is 10.1. The zero-order chi connectivity index (χ0) is 10.2. The smallest absolute Gasteiger partial charge is 0.0291 e. The van der Waals surface area contributed by atoms with Crippen LogP contribution in [0.3, 0.4) is 0 Å². The highest BCUT2D eigenvalue weighted by Gasteiger charge is 2.01. The maximum atomic E-state index is 3.71. The molecule has 1 N–H and O–H groups in total. The van der Waals surface area contributed by atoms with Crippen LogP contribution in [0, 0.1) is 0 Å². The Kier molecular flexibility index (Phi) is 5.02. The molecule has 0 aliphatic carbocycles. The topological polar surface area (TPSA) is 12.0 Å². The van der Waals surface area contributed by atoms with E-state index in [1.807, 2.05) is 12.1 Å². The molecule has 1 unspecified atom stereocenters. The Morgan fingerprint density at radius 1 is 1.36 bits per heavy atom. The summed E-state index contributed by atoms with van der Waals surface area (Å²) in [4.78, 5) is 0. The molecule has 0 heterocycles. The van der Waals surface area contributed by atoms with Crippen molar-refractivity contribution >= 4 is 0 Å². The minimum Gasteiger partial charge on any atom is -0.310 e. The van der Waals surface area contributed by atoms with Crippen LogP contribution in [-0.2, 0) is 0 Å². The summed E-state index contributed by atoms with van der Waals surface area (Å²) < 4.78 is 0. The highest BCUT2D eigenvalue weighted by atomic mass is 14.9. The summed E-state index contributed by atoms with van der Waals surface area (Å²) in [6, 6.07) is 11.0. The highest BCUT2D eigenvalue weighted by molar-refractivity contribution is 5.17. The van der Waals surface area contributed by atoms with Crippen LogP contribution in [0.15, 0.2) is 43.0 Å². The van der Waals surface area contributed by atoms with Gasteiger partial charge in [-0.3, -0.25) is 0 Å². The standard InChI is InChI=1S/C13H19N/c1-3-4-8-11-14-12(2)13-9-6-5-7-10-13/h3,5-7,9-10,12,14H,1,4,8,11H2,2H3. The van der Waals surface area contributed by atoms with Gasteiger partial charge in [0.1, 0.15) is 0 Å². The predicted molar refractivity (Wildman–Crippen MR) is 62.3 cm³/mol. The van der Waals surface area contributed by atoms with Gasteiger partial charge in [0.25, 0.3) is 0 Å². The van der Waals surface area contributed by atoms with Crippen LogP contribution in [0.25, 0.3) is 0 Å². The summed E-state index contributed by atoms with van der Waals surface area (Å²) in [6.45, 7) is 6.96. The molecular formula is C13H19N. The lowest BCUT2D eigenvalue weighted by molar-refractivity contribution is 0.561. The van der Waals surface area contributed by atoms with Gasteiger partial charge in [0.15, 0.2) is 0 Å². The minimum absolute atomic E-state index is 0.445. The fraction of sp³-hybridized carbons (Fsp3) is 0.385. The normalized spacial score (nSPS) is 12.4. The highest BCUT2D eigenvalue weighted by Crippen LogP contribution is 2.10. The van der Waals surface area contributed by atoms with E-state index in [0.717, 1.165) is 13.0 Å². The van der Waals surface area contributed by atoms with Gasteiger partial charge in [0, 0.05) is 6.04 Å². The molecule has 0 bridgehead atoms. The van der Waals surface area contributed by atoms with Crippen molar-refractivity contribution < 1.29 is 0 Å². The Labute approximate surface area is 86.8 Å². The van der Waals surface area contributed by atoms with Gasteiger partial charge in [-0.15, -0.1) is 6.58 Å². The minimum atomic E-state index is 0.445. The molecule has 1 aromatic carbocycles. The van der Waals surface area contributed by atoms with Crippen LogP contribution in [-0.4, -0.2) is 6.54 Å². The van der Waals surface area contributed by atoms with Crippen molar-refractivity contribution in [1.29, 1.82) is 0 Å². The second kappa shape index (κ2) is 6.39. The summed E-state index contributed by atoms with van der Waals surface area (Å²) >= 11 is 0. The third-order valence-electron chi connectivity index (χ3n) is 2.34. The zero-order valence-corrected chi connectivity index (χ0v) is 8.87. The van der Waals surface area contributed by atoms with Crippen molar-refractivity contribution in [3.63, 3.8) is 0 Å². The first kappa shape index (κ1) is 11.0. The lowest BCUT2D eigenvalue weighted by Gasteiger charge is -2.13. The van der Waals surface area contributed by atoms with Gasteiger partial charge in [-0.05, 0) is 31.9 Å². The average molecular weight is 189 g/mol. The quantitative estimate of drug-likeness (QED) is 0.535. The second-order valence-electron chi connectivity index (χ2n) is 3.52. The molecule has 0 radical (unpaired) electrons. The van der Waals surface area contributed by atoms with Gasteiger partial charge in [0.05, 0.1) is 0 Å². The monoisotopic (exact) mass is 189 g/mol. The first-order valence-corrected chi connectivity index (χ1v) is 5.24. The molecular weight excluding hydrogens is 170 g/mol. The van der Waals surface area contributed by atoms with Crippen molar-refractivity contribution in [3.8, 4) is 0 Å². The van der Waals surface area contributed by atoms with Crippen LogP contribution in [0.4, 0.5) is 0 Å². The first-order chi connectivity index (χ1) is 6.84. The van der Waals surface area contributed by atoms with Crippen molar-refractivity contribution in [2.45, 2.75) is 25.8 Å². The molecule has 0 aliphatic rings. The number of benzene rings is 1. The van der Waals surface area contributed by atoms with E-state index in [2.05, 4.69) is 43.1 Å². The third-order valence-corrected chi connectivity index (χ3v) is 2.34. The Morgan fingerprint density at radius 2 is 2.07 bits per heavy atom. The van der Waals surface area contributed by atoms with Crippen molar-refractivity contribution in [3.05, 3.63) is 48.6 Å². The van der Waals surface area contributed by atoms with Crippen molar-refractivity contribution in [2.75, 3.05) is 6.54 Å². The van der Waals surface area contributed by atoms with E-state index in [1.54, 1.807) is 0 Å². The van der Waals surface area contributed by atoms with E-state index >= 15 is 0 Å². The van der Waals surface area contributed by atoms with Gasteiger partial charge >= 0.3 is 0 Å². The van der Waals surface area contributed by atoms with Gasteiger partial charge < -0.3 is 5.32 Å². The van der Waals surface area contributed by atoms with Crippen LogP contribution < -0.4 is 5.32 Å². The summed E-state index contributed by atoms with van der Waals surface area (Å²) in [5, 5.41) is 3.49. The van der Waals surface area contributed by atoms with Gasteiger partial charge in [-0.2, -0.15) is 0 Å². The van der Waals surface area contributed by atoms with E-state index in [9.17, 15) is 0 Å². The molecule has 0 aromatic heterocycles. The summed E-state index contributed by atoms with van der Waals surface area (Å²) in [5.74, 6) is 0. The van der Waals surface area contributed by atoms with Gasteiger partial charge in [-0.25, -0.2) is 0 Å². The molecule has 14 heavy (non-hydrogen) atoms. The molecule has 1 heteroatoms.